The fourth-order valence-electron chi connectivity index (χ4n) is 1.27. The minimum Gasteiger partial charge on any atom is -0.380 e. The van der Waals surface area contributed by atoms with Gasteiger partial charge in [-0.15, -0.1) is 11.3 Å². The molecule has 2 rings (SSSR count). The molecule has 84 valence electrons. The highest BCUT2D eigenvalue weighted by Crippen LogP contribution is 2.24. The molecule has 1 aromatic heterocycles. The maximum Gasteiger partial charge on any atom is 0.0701 e. The van der Waals surface area contributed by atoms with Crippen molar-refractivity contribution in [1.29, 1.82) is 0 Å². The molecule has 0 bridgehead atoms. The van der Waals surface area contributed by atoms with Crippen molar-refractivity contribution >= 4 is 67.1 Å². The summed E-state index contributed by atoms with van der Waals surface area (Å²) in [5, 5.41) is 6.30. The lowest BCUT2D eigenvalue weighted by Crippen LogP contribution is -1.99. The Morgan fingerprint density at radius 2 is 2.19 bits per heavy atom. The van der Waals surface area contributed by atoms with Crippen LogP contribution in [0.25, 0.3) is 0 Å². The summed E-state index contributed by atoms with van der Waals surface area (Å²) in [5.41, 5.74) is 2.40. The zero-order valence-corrected chi connectivity index (χ0v) is 13.5. The van der Waals surface area contributed by atoms with Gasteiger partial charge in [-0.05, 0) is 73.7 Å². The van der Waals surface area contributed by atoms with Crippen LogP contribution in [0.3, 0.4) is 0 Å². The van der Waals surface area contributed by atoms with Crippen LogP contribution in [-0.2, 0) is 6.54 Å². The first kappa shape index (κ1) is 12.7. The molecule has 0 radical (unpaired) electrons. The van der Waals surface area contributed by atoms with Crippen LogP contribution in [0.2, 0.25) is 5.02 Å². The van der Waals surface area contributed by atoms with E-state index in [-0.39, 0.29) is 0 Å². The van der Waals surface area contributed by atoms with Gasteiger partial charge in [0, 0.05) is 20.8 Å². The summed E-state index contributed by atoms with van der Waals surface area (Å²) in [4.78, 5) is 0. The highest BCUT2D eigenvalue weighted by atomic mass is 127. The first-order valence-corrected chi connectivity index (χ1v) is 7.70. The fourth-order valence-corrected chi connectivity index (χ4v) is 3.54. The van der Waals surface area contributed by atoms with Crippen LogP contribution in [0.1, 0.15) is 5.56 Å². The Hall–Kier alpha value is 0.220. The number of hydrogen-bond donors (Lipinski definition) is 1. The predicted octanol–water partition coefficient (Wildman–Crippen LogP) is 5.38. The van der Waals surface area contributed by atoms with Crippen molar-refractivity contribution < 1.29 is 0 Å². The molecule has 0 aliphatic heterocycles. The number of thiophene rings is 1. The third kappa shape index (κ3) is 3.35. The molecule has 0 fully saturated rings. The van der Waals surface area contributed by atoms with Gasteiger partial charge in [0.25, 0.3) is 0 Å². The van der Waals surface area contributed by atoms with Gasteiger partial charge in [0.1, 0.15) is 0 Å². The Bertz CT molecular complexity index is 500. The van der Waals surface area contributed by atoms with Crippen molar-refractivity contribution in [3.8, 4) is 0 Å². The smallest absolute Gasteiger partial charge is 0.0701 e. The summed E-state index contributed by atoms with van der Waals surface area (Å²) in [6.07, 6.45) is 0. The first-order valence-electron chi connectivity index (χ1n) is 4.57. The molecule has 0 saturated heterocycles. The highest BCUT2D eigenvalue weighted by Gasteiger charge is 2.01. The highest BCUT2D eigenvalue weighted by molar-refractivity contribution is 14.1. The van der Waals surface area contributed by atoms with Crippen LogP contribution in [-0.4, -0.2) is 0 Å². The molecule has 2 aromatic rings. The Morgan fingerprint density at radius 3 is 2.81 bits per heavy atom. The zero-order valence-electron chi connectivity index (χ0n) is 8.14. The summed E-state index contributed by atoms with van der Waals surface area (Å²) >= 11 is 13.3. The van der Waals surface area contributed by atoms with E-state index in [1.807, 2.05) is 18.2 Å². The first-order chi connectivity index (χ1) is 7.65. The second-order valence-corrected chi connectivity index (χ2v) is 7.13. The lowest BCUT2D eigenvalue weighted by molar-refractivity contribution is 1.16. The van der Waals surface area contributed by atoms with Crippen molar-refractivity contribution in [3.63, 3.8) is 0 Å². The second-order valence-electron chi connectivity index (χ2n) is 3.24. The largest absolute Gasteiger partial charge is 0.380 e. The van der Waals surface area contributed by atoms with Crippen LogP contribution >= 0.6 is 61.5 Å². The monoisotopic (exact) mass is 427 g/mol. The molecule has 16 heavy (non-hydrogen) atoms. The maximum absolute atomic E-state index is 5.90. The van der Waals surface area contributed by atoms with E-state index in [0.29, 0.717) is 0 Å². The Morgan fingerprint density at radius 1 is 1.38 bits per heavy atom. The van der Waals surface area contributed by atoms with Gasteiger partial charge < -0.3 is 5.32 Å². The molecule has 0 spiro atoms. The number of halogens is 3. The van der Waals surface area contributed by atoms with Crippen LogP contribution in [0.5, 0.6) is 0 Å². The predicted molar refractivity (Wildman–Crippen MR) is 83.5 cm³/mol. The van der Waals surface area contributed by atoms with E-state index in [4.69, 9.17) is 11.6 Å². The number of rotatable bonds is 3. The molecule has 0 aliphatic rings. The summed E-state index contributed by atoms with van der Waals surface area (Å²) in [7, 11) is 0. The molecule has 0 atom stereocenters. The molecule has 0 aliphatic carbocycles. The maximum atomic E-state index is 5.90. The number of anilines is 1. The third-order valence-corrected chi connectivity index (χ3v) is 4.72. The van der Waals surface area contributed by atoms with Crippen LogP contribution in [0.4, 0.5) is 5.69 Å². The van der Waals surface area contributed by atoms with Gasteiger partial charge in [-0.2, -0.15) is 0 Å². The van der Waals surface area contributed by atoms with Crippen molar-refractivity contribution in [2.75, 3.05) is 5.32 Å². The van der Waals surface area contributed by atoms with Gasteiger partial charge in [-0.25, -0.2) is 0 Å². The zero-order chi connectivity index (χ0) is 11.5. The van der Waals surface area contributed by atoms with Gasteiger partial charge in [0.05, 0.1) is 3.79 Å². The Labute approximate surface area is 125 Å². The third-order valence-electron chi connectivity index (χ3n) is 2.04. The van der Waals surface area contributed by atoms with Gasteiger partial charge in [-0.1, -0.05) is 11.6 Å². The molecular weight excluding hydrogens is 420 g/mol. The molecule has 1 nitrogen and oxygen atoms in total. The molecule has 0 saturated carbocycles. The molecule has 1 aromatic carbocycles. The molecule has 0 unspecified atom stereocenters. The lowest BCUT2D eigenvalue weighted by Gasteiger charge is -2.07. The summed E-state index contributed by atoms with van der Waals surface area (Å²) in [6.45, 7) is 0.833. The number of hydrogen-bond acceptors (Lipinski definition) is 2. The van der Waals surface area contributed by atoms with E-state index in [1.54, 1.807) is 11.3 Å². The minimum atomic E-state index is 0.772. The lowest BCUT2D eigenvalue weighted by atomic mass is 10.3. The van der Waals surface area contributed by atoms with Crippen molar-refractivity contribution in [2.45, 2.75) is 6.54 Å². The number of nitrogens with one attached hydrogen (secondary N) is 1. The van der Waals surface area contributed by atoms with E-state index < -0.39 is 0 Å². The standard InChI is InChI=1S/C11H8BrClINS/c12-11-3-7(6-16-11)5-15-10-2-1-8(13)4-9(10)14/h1-4,6,15H,5H2. The quantitative estimate of drug-likeness (QED) is 0.647. The van der Waals surface area contributed by atoms with Gasteiger partial charge in [0.15, 0.2) is 0 Å². The van der Waals surface area contributed by atoms with E-state index in [2.05, 4.69) is 55.3 Å². The SMILES string of the molecule is Clc1ccc(NCc2csc(Br)c2)c(I)c1. The van der Waals surface area contributed by atoms with Gasteiger partial charge in [0.2, 0.25) is 0 Å². The Balaban J connectivity index is 2.04. The Kier molecular flexibility index (Phi) is 4.52. The van der Waals surface area contributed by atoms with Crippen LogP contribution in [0.15, 0.2) is 33.4 Å². The van der Waals surface area contributed by atoms with Gasteiger partial charge >= 0.3 is 0 Å². The van der Waals surface area contributed by atoms with Crippen molar-refractivity contribution in [2.24, 2.45) is 0 Å². The minimum absolute atomic E-state index is 0.772. The normalized spacial score (nSPS) is 10.4. The average Bonchev–Trinajstić information content (AvgIpc) is 2.63. The molecule has 1 N–H and O–H groups in total. The fraction of sp³-hybridized carbons (Fsp3) is 0.0909. The summed E-state index contributed by atoms with van der Waals surface area (Å²) < 4.78 is 2.30. The molecule has 1 heterocycles. The number of benzene rings is 1. The van der Waals surface area contributed by atoms with Crippen molar-refractivity contribution in [1.82, 2.24) is 0 Å². The average molecular weight is 429 g/mol. The van der Waals surface area contributed by atoms with E-state index in [1.165, 1.54) is 5.56 Å². The molecule has 5 heteroatoms. The van der Waals surface area contributed by atoms with E-state index in [0.717, 1.165) is 24.6 Å². The molecular formula is C11H8BrClINS. The second kappa shape index (κ2) is 5.71. The van der Waals surface area contributed by atoms with Crippen LogP contribution in [0, 0.1) is 3.57 Å². The molecule has 0 amide bonds. The van der Waals surface area contributed by atoms with Crippen LogP contribution < -0.4 is 5.32 Å². The topological polar surface area (TPSA) is 12.0 Å². The summed E-state index contributed by atoms with van der Waals surface area (Å²) in [6, 6.07) is 7.98. The van der Waals surface area contributed by atoms with Gasteiger partial charge in [-0.3, -0.25) is 0 Å². The summed E-state index contributed by atoms with van der Waals surface area (Å²) in [5.74, 6) is 0. The van der Waals surface area contributed by atoms with Crippen molar-refractivity contribution in [3.05, 3.63) is 47.6 Å². The van der Waals surface area contributed by atoms with E-state index in [9.17, 15) is 0 Å². The van der Waals surface area contributed by atoms with E-state index >= 15 is 0 Å².